The van der Waals surface area contributed by atoms with Crippen molar-refractivity contribution < 1.29 is 48.5 Å². The second kappa shape index (κ2) is 23.9. The van der Waals surface area contributed by atoms with Crippen molar-refractivity contribution in [2.24, 2.45) is 5.92 Å². The minimum atomic E-state index is -1.55. The van der Waals surface area contributed by atoms with Crippen LogP contribution in [0.3, 0.4) is 0 Å². The van der Waals surface area contributed by atoms with Gasteiger partial charge >= 0.3 is 24.1 Å². The van der Waals surface area contributed by atoms with Gasteiger partial charge in [0.15, 0.2) is 0 Å². The third-order valence-electron chi connectivity index (χ3n) is 11.9. The zero-order chi connectivity index (χ0) is 50.4. The summed E-state index contributed by atoms with van der Waals surface area (Å²) in [5, 5.41) is 24.9. The third-order valence-corrected chi connectivity index (χ3v) is 13.6. The molecule has 4 N–H and O–H groups in total. The lowest BCUT2D eigenvalue weighted by atomic mass is 9.84. The molecule has 14 nitrogen and oxygen atoms in total. The summed E-state index contributed by atoms with van der Waals surface area (Å²) >= 11 is 1.55. The van der Waals surface area contributed by atoms with Gasteiger partial charge in [-0.25, -0.2) is 14.4 Å². The second-order valence-electron chi connectivity index (χ2n) is 18.6. The molecule has 0 spiro atoms. The fourth-order valence-electron chi connectivity index (χ4n) is 8.68. The number of alkyl carbamates (subject to hydrolysis) is 1. The van der Waals surface area contributed by atoms with Crippen molar-refractivity contribution in [2.45, 2.75) is 102 Å². The van der Waals surface area contributed by atoms with Gasteiger partial charge in [-0.1, -0.05) is 159 Å². The molecule has 0 saturated heterocycles. The van der Waals surface area contributed by atoms with Crippen LogP contribution in [0.4, 0.5) is 9.59 Å². The first kappa shape index (κ1) is 52.2. The summed E-state index contributed by atoms with van der Waals surface area (Å²) in [7, 11) is 0. The van der Waals surface area contributed by atoms with Gasteiger partial charge in [-0.15, -0.1) is 11.8 Å². The molecule has 0 aromatic heterocycles. The molecule has 0 bridgehead atoms. The molecule has 1 unspecified atom stereocenters. The highest BCUT2D eigenvalue weighted by atomic mass is 32.2. The molecule has 1 aliphatic rings. The zero-order valence-electron chi connectivity index (χ0n) is 40.2. The number of rotatable bonds is 20. The molecular weight excluding hydrogens is 909 g/mol. The molecule has 4 amide bonds. The molecule has 0 radical (unpaired) electrons. The maximum atomic E-state index is 15.6. The quantitative estimate of drug-likeness (QED) is 0.0546. The average molecular weight is 971 g/mol. The Morgan fingerprint density at radius 2 is 1.24 bits per heavy atom. The fraction of sp³-hybridized carbons (Fsp3) is 0.345. The van der Waals surface area contributed by atoms with Gasteiger partial charge in [0.25, 0.3) is 0 Å². The number of thioether (sulfide) groups is 1. The van der Waals surface area contributed by atoms with Gasteiger partial charge in [-0.3, -0.25) is 19.3 Å². The second-order valence-corrected chi connectivity index (χ2v) is 19.8. The lowest BCUT2D eigenvalue weighted by molar-refractivity contribution is -0.149. The average Bonchev–Trinajstić information content (AvgIpc) is 3.34. The molecular formula is C55H62N4O10S. The van der Waals surface area contributed by atoms with Gasteiger partial charge in [-0.2, -0.15) is 0 Å². The SMILES string of the molecule is CC(C)[C@@H](C(=O)N1Cc2ccccc2C[C@@H]1C(=O)N[C@@H](CCC(=O)O)C(=O)O)N(CC(CSC(c1ccccc1)(c1ccccc1)c1ccccc1)NC(=O)OC(C)(C)C)C(=O)OCc1ccccc1. The van der Waals surface area contributed by atoms with Crippen LogP contribution in [0.5, 0.6) is 0 Å². The van der Waals surface area contributed by atoms with Crippen LogP contribution in [0.2, 0.25) is 0 Å². The standard InChI is InChI=1S/C55H62N4O10S/c1-37(2)48(50(63)58-33-40-23-19-18-22-39(40)32-46(58)49(62)57-45(51(64)65)30-31-47(60)61)59(53(67)68-35-38-20-10-6-11-21-38)34-44(56-52(66)69-54(3,4)5)36-70-55(41-24-12-7-13-25-41,42-26-14-8-15-27-42)43-28-16-9-17-29-43/h6-29,37,44-46,48H,30-36H2,1-5H3,(H,56,66)(H,57,62)(H,60,61)(H,64,65)/t44?,45-,46+,48-/m0/s1. The third kappa shape index (κ3) is 13.6. The predicted octanol–water partition coefficient (Wildman–Crippen LogP) is 8.66. The molecule has 15 heteroatoms. The Bertz CT molecular complexity index is 2460. The topological polar surface area (TPSA) is 192 Å². The Morgan fingerprint density at radius 3 is 1.74 bits per heavy atom. The van der Waals surface area contributed by atoms with Crippen molar-refractivity contribution in [3.8, 4) is 0 Å². The van der Waals surface area contributed by atoms with E-state index >= 15 is 4.79 Å². The van der Waals surface area contributed by atoms with Crippen molar-refractivity contribution in [1.82, 2.24) is 20.4 Å². The molecule has 368 valence electrons. The lowest BCUT2D eigenvalue weighted by Gasteiger charge is -2.42. The fourth-order valence-corrected chi connectivity index (χ4v) is 10.2. The largest absolute Gasteiger partial charge is 0.481 e. The van der Waals surface area contributed by atoms with E-state index in [0.29, 0.717) is 5.56 Å². The predicted molar refractivity (Wildman–Crippen MR) is 268 cm³/mol. The zero-order valence-corrected chi connectivity index (χ0v) is 41.0. The van der Waals surface area contributed by atoms with Gasteiger partial charge in [0.1, 0.15) is 30.3 Å². The van der Waals surface area contributed by atoms with Crippen LogP contribution in [0.15, 0.2) is 146 Å². The number of nitrogens with one attached hydrogen (secondary N) is 2. The highest BCUT2D eigenvalue weighted by molar-refractivity contribution is 8.00. The molecule has 5 aromatic carbocycles. The Morgan fingerprint density at radius 1 is 0.729 bits per heavy atom. The molecule has 0 aliphatic carbocycles. The van der Waals surface area contributed by atoms with Crippen LogP contribution in [0, 0.1) is 5.92 Å². The minimum absolute atomic E-state index is 0.0162. The summed E-state index contributed by atoms with van der Waals surface area (Å²) in [5.41, 5.74) is 4.22. The van der Waals surface area contributed by atoms with Crippen molar-refractivity contribution >= 4 is 47.7 Å². The molecule has 70 heavy (non-hydrogen) atoms. The Kier molecular flexibility index (Phi) is 17.9. The summed E-state index contributed by atoms with van der Waals surface area (Å²) < 4.78 is 11.0. The molecule has 6 rings (SSSR count). The van der Waals surface area contributed by atoms with Crippen molar-refractivity contribution in [1.29, 1.82) is 0 Å². The number of carboxylic acid groups (broad SMARTS) is 2. The minimum Gasteiger partial charge on any atom is -0.481 e. The van der Waals surface area contributed by atoms with Gasteiger partial charge in [0, 0.05) is 31.7 Å². The van der Waals surface area contributed by atoms with Crippen molar-refractivity contribution in [3.63, 3.8) is 0 Å². The first-order chi connectivity index (χ1) is 33.5. The maximum Gasteiger partial charge on any atom is 0.410 e. The van der Waals surface area contributed by atoms with E-state index in [1.54, 1.807) is 64.6 Å². The number of amides is 4. The number of hydrogen-bond donors (Lipinski definition) is 4. The number of nitrogens with zero attached hydrogens (tertiary/aromatic N) is 2. The van der Waals surface area contributed by atoms with Crippen molar-refractivity contribution in [3.05, 3.63) is 179 Å². The highest BCUT2D eigenvalue weighted by Gasteiger charge is 2.45. The highest BCUT2D eigenvalue weighted by Crippen LogP contribution is 2.48. The number of carbonyl (C=O) groups is 6. The van der Waals surface area contributed by atoms with Crippen LogP contribution in [0.25, 0.3) is 0 Å². The smallest absolute Gasteiger partial charge is 0.410 e. The molecule has 4 atom stereocenters. The molecule has 1 aliphatic heterocycles. The van der Waals surface area contributed by atoms with E-state index in [2.05, 4.69) is 47.0 Å². The number of fused-ring (bicyclic) bond motifs is 1. The van der Waals surface area contributed by atoms with E-state index in [-0.39, 0.29) is 38.3 Å². The van der Waals surface area contributed by atoms with E-state index in [4.69, 9.17) is 9.47 Å². The molecule has 0 saturated carbocycles. The summed E-state index contributed by atoms with van der Waals surface area (Å²) in [6, 6.07) is 41.4. The van der Waals surface area contributed by atoms with E-state index < -0.39 is 82.8 Å². The molecule has 0 fully saturated rings. The lowest BCUT2D eigenvalue weighted by Crippen LogP contribution is -2.62. The number of aliphatic carboxylic acids is 2. The van der Waals surface area contributed by atoms with Gasteiger partial charge < -0.3 is 35.2 Å². The van der Waals surface area contributed by atoms with Gasteiger partial charge in [0.2, 0.25) is 11.8 Å². The number of ether oxygens (including phenoxy) is 2. The van der Waals surface area contributed by atoms with Crippen LogP contribution in [-0.4, -0.2) is 98.0 Å². The first-order valence-electron chi connectivity index (χ1n) is 23.4. The summed E-state index contributed by atoms with van der Waals surface area (Å²) in [6.07, 6.45) is -2.47. The van der Waals surface area contributed by atoms with E-state index in [9.17, 15) is 34.2 Å². The number of carboxylic acids is 2. The first-order valence-corrected chi connectivity index (χ1v) is 24.3. The summed E-state index contributed by atoms with van der Waals surface area (Å²) in [4.78, 5) is 85.1. The van der Waals surface area contributed by atoms with Crippen LogP contribution >= 0.6 is 11.8 Å². The number of hydrogen-bond acceptors (Lipinski definition) is 9. The Labute approximate surface area is 413 Å². The van der Waals surface area contributed by atoms with E-state index in [0.717, 1.165) is 27.8 Å². The maximum absolute atomic E-state index is 15.6. The van der Waals surface area contributed by atoms with E-state index in [1.165, 1.54) is 9.80 Å². The monoisotopic (exact) mass is 970 g/mol. The van der Waals surface area contributed by atoms with Gasteiger partial charge in [0.05, 0.1) is 10.8 Å². The van der Waals surface area contributed by atoms with Crippen molar-refractivity contribution in [2.75, 3.05) is 12.3 Å². The number of benzene rings is 5. The molecule has 1 heterocycles. The number of carbonyl (C=O) groups excluding carboxylic acids is 4. The molecule has 5 aromatic rings. The Balaban J connectivity index is 1.44. The van der Waals surface area contributed by atoms with Gasteiger partial charge in [-0.05, 0) is 66.5 Å². The Hall–Kier alpha value is -7.13. The van der Waals surface area contributed by atoms with Crippen LogP contribution < -0.4 is 10.6 Å². The summed E-state index contributed by atoms with van der Waals surface area (Å²) in [6.45, 7) is 8.34. The normalized spacial score (nSPS) is 14.8. The van der Waals surface area contributed by atoms with Crippen LogP contribution in [-0.2, 0) is 53.0 Å². The summed E-state index contributed by atoms with van der Waals surface area (Å²) in [5.74, 6) is -4.49. The van der Waals surface area contributed by atoms with Crippen LogP contribution in [0.1, 0.15) is 80.8 Å². The van der Waals surface area contributed by atoms with E-state index in [1.807, 2.05) is 91.0 Å².